The molecule has 1 aromatic carbocycles. The van der Waals surface area contributed by atoms with E-state index < -0.39 is 0 Å². The summed E-state index contributed by atoms with van der Waals surface area (Å²) in [6.45, 7) is 0. The van der Waals surface area contributed by atoms with Crippen molar-refractivity contribution >= 4 is 40.5 Å². The summed E-state index contributed by atoms with van der Waals surface area (Å²) in [7, 11) is 0. The van der Waals surface area contributed by atoms with Gasteiger partial charge in [0.1, 0.15) is 0 Å². The van der Waals surface area contributed by atoms with Crippen molar-refractivity contribution in [3.05, 3.63) is 36.5 Å². The third-order valence-electron chi connectivity index (χ3n) is 1.46. The van der Waals surface area contributed by atoms with Gasteiger partial charge >= 0.3 is 0 Å². The van der Waals surface area contributed by atoms with Crippen molar-refractivity contribution in [2.75, 3.05) is 0 Å². The molecule has 2 rings (SSSR count). The second-order valence-corrected chi connectivity index (χ2v) is 2.06. The third kappa shape index (κ3) is 1.26. The molecule has 1 heterocycles. The van der Waals surface area contributed by atoms with Crippen LogP contribution in [0, 0.1) is 0 Å². The van der Waals surface area contributed by atoms with E-state index in [4.69, 9.17) is 0 Å². The van der Waals surface area contributed by atoms with Gasteiger partial charge in [-0.25, -0.2) is 0 Å². The van der Waals surface area contributed by atoms with Crippen molar-refractivity contribution in [3.8, 4) is 0 Å². The zero-order chi connectivity index (χ0) is 6.10. The molecule has 0 aliphatic rings. The Hall–Kier alpha value is -0.240. The van der Waals surface area contributed by atoms with Crippen LogP contribution >= 0.6 is 0 Å². The minimum Gasteiger partial charge on any atom is -0.361 e. The molecule has 2 heteroatoms. The molecule has 1 N–H and O–H groups in total. The Bertz CT molecular complexity index is 283. The molecule has 0 saturated heterocycles. The van der Waals surface area contributed by atoms with Crippen molar-refractivity contribution in [1.82, 2.24) is 4.98 Å². The van der Waals surface area contributed by atoms with Gasteiger partial charge in [-0.2, -0.15) is 0 Å². The fourth-order valence-electron chi connectivity index (χ4n) is 0.995. The molecule has 0 unspecified atom stereocenters. The van der Waals surface area contributed by atoms with Crippen LogP contribution in [0.1, 0.15) is 0 Å². The van der Waals surface area contributed by atoms with Crippen LogP contribution in [0.5, 0.6) is 0 Å². The van der Waals surface area contributed by atoms with E-state index >= 15 is 0 Å². The van der Waals surface area contributed by atoms with Gasteiger partial charge < -0.3 is 4.98 Å². The summed E-state index contributed by atoms with van der Waals surface area (Å²) < 4.78 is 0. The minimum absolute atomic E-state index is 0. The van der Waals surface area contributed by atoms with Crippen molar-refractivity contribution in [2.45, 2.75) is 0 Å². The predicted octanol–water partition coefficient (Wildman–Crippen LogP) is 1.79. The molecule has 0 amide bonds. The standard InChI is InChI=1S/C8H7N.Na/c1-2-4-8-7(3-1)5-6-9-8;/h1-6,9H;. The first kappa shape index (κ1) is 7.86. The van der Waals surface area contributed by atoms with Crippen molar-refractivity contribution in [3.63, 3.8) is 0 Å². The molecule has 45 valence electrons. The molecule has 0 fully saturated rings. The van der Waals surface area contributed by atoms with Gasteiger partial charge in [0.15, 0.2) is 0 Å². The van der Waals surface area contributed by atoms with Gasteiger partial charge in [0.2, 0.25) is 0 Å². The first-order chi connectivity index (χ1) is 4.47. The zero-order valence-corrected chi connectivity index (χ0v) is 7.96. The second-order valence-electron chi connectivity index (χ2n) is 2.06. The monoisotopic (exact) mass is 140 g/mol. The average Bonchev–Trinajstić information content (AvgIpc) is 2.33. The van der Waals surface area contributed by atoms with Crippen LogP contribution in [-0.4, -0.2) is 34.5 Å². The SMILES string of the molecule is [Na].c1ccc2[nH]ccc2c1. The second kappa shape index (κ2) is 3.24. The number of H-pyrrole nitrogens is 1. The van der Waals surface area contributed by atoms with Crippen molar-refractivity contribution < 1.29 is 0 Å². The van der Waals surface area contributed by atoms with E-state index in [1.165, 1.54) is 10.9 Å². The number of nitrogens with one attached hydrogen (secondary N) is 1. The summed E-state index contributed by atoms with van der Waals surface area (Å²) in [5.74, 6) is 0. The van der Waals surface area contributed by atoms with Crippen LogP contribution in [0.2, 0.25) is 0 Å². The fraction of sp³-hybridized carbons (Fsp3) is 0. The molecular formula is C8H7NNa. The zero-order valence-electron chi connectivity index (χ0n) is 5.96. The van der Waals surface area contributed by atoms with Gasteiger partial charge in [-0.1, -0.05) is 18.2 Å². The summed E-state index contributed by atoms with van der Waals surface area (Å²) >= 11 is 0. The molecule has 1 radical (unpaired) electrons. The molecule has 1 aromatic heterocycles. The number of para-hydroxylation sites is 1. The van der Waals surface area contributed by atoms with Crippen molar-refractivity contribution in [2.24, 2.45) is 0 Å². The van der Waals surface area contributed by atoms with Crippen LogP contribution < -0.4 is 0 Å². The number of fused-ring (bicyclic) bond motifs is 1. The molecular weight excluding hydrogens is 133 g/mol. The molecule has 0 aliphatic heterocycles. The van der Waals surface area contributed by atoms with Gasteiger partial charge in [-0.3, -0.25) is 0 Å². The van der Waals surface area contributed by atoms with Crippen LogP contribution in [-0.2, 0) is 0 Å². The average molecular weight is 140 g/mol. The van der Waals surface area contributed by atoms with Crippen LogP contribution in [0.3, 0.4) is 0 Å². The first-order valence-corrected chi connectivity index (χ1v) is 2.99. The number of hydrogen-bond donors (Lipinski definition) is 1. The van der Waals surface area contributed by atoms with Crippen LogP contribution in [0.25, 0.3) is 10.9 Å². The van der Waals surface area contributed by atoms with Gasteiger partial charge in [0.25, 0.3) is 0 Å². The molecule has 1 nitrogen and oxygen atoms in total. The van der Waals surface area contributed by atoms with E-state index in [-0.39, 0.29) is 29.6 Å². The molecule has 0 saturated carbocycles. The topological polar surface area (TPSA) is 15.8 Å². The largest absolute Gasteiger partial charge is 0.361 e. The van der Waals surface area contributed by atoms with E-state index in [0.29, 0.717) is 0 Å². The summed E-state index contributed by atoms with van der Waals surface area (Å²) in [5, 5.41) is 1.28. The predicted molar refractivity (Wildman–Crippen MR) is 44.1 cm³/mol. The summed E-state index contributed by atoms with van der Waals surface area (Å²) in [4.78, 5) is 3.12. The Morgan fingerprint density at radius 1 is 1.00 bits per heavy atom. The fourth-order valence-corrected chi connectivity index (χ4v) is 0.995. The van der Waals surface area contributed by atoms with Gasteiger partial charge in [0.05, 0.1) is 0 Å². The van der Waals surface area contributed by atoms with Crippen LogP contribution in [0.15, 0.2) is 36.5 Å². The number of hydrogen-bond acceptors (Lipinski definition) is 0. The Labute approximate surface area is 81.7 Å². The molecule has 10 heavy (non-hydrogen) atoms. The maximum absolute atomic E-state index is 3.12. The van der Waals surface area contributed by atoms with Crippen LogP contribution in [0.4, 0.5) is 0 Å². The quantitative estimate of drug-likeness (QED) is 0.537. The van der Waals surface area contributed by atoms with Crippen molar-refractivity contribution in [1.29, 1.82) is 0 Å². The van der Waals surface area contributed by atoms with E-state index in [0.717, 1.165) is 0 Å². The Morgan fingerprint density at radius 2 is 1.80 bits per heavy atom. The maximum atomic E-state index is 3.12. The normalized spacial score (nSPS) is 9.20. The van der Waals surface area contributed by atoms with Gasteiger partial charge in [-0.05, 0) is 17.5 Å². The Morgan fingerprint density at radius 3 is 2.60 bits per heavy atom. The summed E-state index contributed by atoms with van der Waals surface area (Å²) in [6.07, 6.45) is 1.95. The maximum Gasteiger partial charge on any atom is 0.0453 e. The number of aromatic nitrogens is 1. The molecule has 0 bridgehead atoms. The molecule has 0 aliphatic carbocycles. The van der Waals surface area contributed by atoms with E-state index in [1.807, 2.05) is 18.3 Å². The van der Waals surface area contributed by atoms with E-state index in [1.54, 1.807) is 0 Å². The van der Waals surface area contributed by atoms with E-state index in [2.05, 4.69) is 23.2 Å². The molecule has 0 atom stereocenters. The van der Waals surface area contributed by atoms with Gasteiger partial charge in [0, 0.05) is 41.3 Å². The van der Waals surface area contributed by atoms with E-state index in [9.17, 15) is 0 Å². The Kier molecular flexibility index (Phi) is 2.55. The smallest absolute Gasteiger partial charge is 0.0453 e. The Balaban J connectivity index is 0.000000500. The van der Waals surface area contributed by atoms with Gasteiger partial charge in [-0.15, -0.1) is 0 Å². The summed E-state index contributed by atoms with van der Waals surface area (Å²) in [6, 6.07) is 10.3. The minimum atomic E-state index is 0. The number of benzene rings is 1. The third-order valence-corrected chi connectivity index (χ3v) is 1.46. The number of rotatable bonds is 0. The first-order valence-electron chi connectivity index (χ1n) is 2.99. The molecule has 2 aromatic rings. The summed E-state index contributed by atoms with van der Waals surface area (Å²) in [5.41, 5.74) is 1.21. The molecule has 0 spiro atoms. The number of aromatic amines is 1.